The molecule has 1 N–H and O–H groups in total. The highest BCUT2D eigenvalue weighted by Gasteiger charge is 2.13. The molecule has 0 amide bonds. The van der Waals surface area contributed by atoms with Gasteiger partial charge in [0, 0.05) is 10.9 Å². The van der Waals surface area contributed by atoms with E-state index >= 15 is 0 Å². The lowest BCUT2D eigenvalue weighted by Gasteiger charge is -2.01. The number of benzene rings is 2. The third-order valence-corrected chi connectivity index (χ3v) is 3.80. The fourth-order valence-corrected chi connectivity index (χ4v) is 2.89. The summed E-state index contributed by atoms with van der Waals surface area (Å²) < 4.78 is 5.39. The molecule has 0 aliphatic carbocycles. The van der Waals surface area contributed by atoms with E-state index in [1.807, 2.05) is 36.4 Å². The van der Waals surface area contributed by atoms with Gasteiger partial charge in [-0.2, -0.15) is 4.37 Å². The van der Waals surface area contributed by atoms with Crippen molar-refractivity contribution in [2.75, 3.05) is 0 Å². The zero-order valence-corrected chi connectivity index (χ0v) is 10.3. The molecule has 0 saturated carbocycles. The van der Waals surface area contributed by atoms with Crippen molar-refractivity contribution in [1.29, 1.82) is 0 Å². The zero-order chi connectivity index (χ0) is 11.8. The quantitative estimate of drug-likeness (QED) is 0.708. The minimum atomic E-state index is 0.0940. The molecule has 4 heteroatoms. The first kappa shape index (κ1) is 10.6. The molecule has 3 rings (SSSR count). The van der Waals surface area contributed by atoms with Gasteiger partial charge >= 0.3 is 0 Å². The molecule has 2 aromatic carbocycles. The average molecular weight is 262 g/mol. The fraction of sp³-hybridized carbons (Fsp3) is 0. The van der Waals surface area contributed by atoms with Crippen molar-refractivity contribution in [2.45, 2.75) is 0 Å². The molecule has 0 aliphatic heterocycles. The summed E-state index contributed by atoms with van der Waals surface area (Å²) in [6, 6.07) is 13.3. The van der Waals surface area contributed by atoms with E-state index in [0.717, 1.165) is 21.3 Å². The van der Waals surface area contributed by atoms with Crippen LogP contribution in [0.25, 0.3) is 21.3 Å². The van der Waals surface area contributed by atoms with Gasteiger partial charge in [0.05, 0.1) is 15.4 Å². The first-order chi connectivity index (χ1) is 8.27. The monoisotopic (exact) mass is 261 g/mol. The summed E-state index contributed by atoms with van der Waals surface area (Å²) in [4.78, 5) is 0. The van der Waals surface area contributed by atoms with Crippen LogP contribution in [0.15, 0.2) is 42.5 Å². The molecule has 0 radical (unpaired) electrons. The maximum atomic E-state index is 9.65. The van der Waals surface area contributed by atoms with Crippen molar-refractivity contribution < 1.29 is 5.11 Å². The Morgan fingerprint density at radius 1 is 1.06 bits per heavy atom. The van der Waals surface area contributed by atoms with Crippen molar-refractivity contribution in [2.24, 2.45) is 0 Å². The van der Waals surface area contributed by atoms with E-state index in [4.69, 9.17) is 11.6 Å². The van der Waals surface area contributed by atoms with Crippen LogP contribution in [0.3, 0.4) is 0 Å². The van der Waals surface area contributed by atoms with Gasteiger partial charge in [-0.1, -0.05) is 41.9 Å². The molecule has 17 heavy (non-hydrogen) atoms. The van der Waals surface area contributed by atoms with Gasteiger partial charge in [-0.3, -0.25) is 0 Å². The summed E-state index contributed by atoms with van der Waals surface area (Å²) >= 11 is 7.53. The van der Waals surface area contributed by atoms with E-state index in [2.05, 4.69) is 4.37 Å². The maximum absolute atomic E-state index is 9.65. The molecule has 0 unspecified atom stereocenters. The molecule has 1 heterocycles. The molecule has 3 aromatic rings. The van der Waals surface area contributed by atoms with Gasteiger partial charge in [0.2, 0.25) is 0 Å². The first-order valence-corrected chi connectivity index (χ1v) is 6.25. The van der Waals surface area contributed by atoms with E-state index in [1.54, 1.807) is 6.07 Å². The molecule has 0 fully saturated rings. The van der Waals surface area contributed by atoms with Crippen LogP contribution in [0, 0.1) is 0 Å². The minimum Gasteiger partial charge on any atom is -0.506 e. The van der Waals surface area contributed by atoms with E-state index in [0.29, 0.717) is 5.02 Å². The van der Waals surface area contributed by atoms with Crippen LogP contribution in [0.5, 0.6) is 5.75 Å². The lowest BCUT2D eigenvalue weighted by atomic mass is 10.1. The Kier molecular flexibility index (Phi) is 2.50. The molecule has 0 atom stereocenters. The number of nitrogens with zero attached hydrogens (tertiary/aromatic N) is 1. The Bertz CT molecular complexity index is 678. The third-order valence-electron chi connectivity index (χ3n) is 2.60. The van der Waals surface area contributed by atoms with Gasteiger partial charge in [0.15, 0.2) is 0 Å². The molecular formula is C13H8ClNOS. The molecule has 0 spiro atoms. The number of aromatic hydroxyl groups is 1. The first-order valence-electron chi connectivity index (χ1n) is 5.09. The molecule has 84 valence electrons. The Labute approximate surface area is 107 Å². The summed E-state index contributed by atoms with van der Waals surface area (Å²) in [6.45, 7) is 0. The van der Waals surface area contributed by atoms with Crippen LogP contribution in [-0.2, 0) is 0 Å². The molecule has 0 aliphatic rings. The second kappa shape index (κ2) is 4.02. The maximum Gasteiger partial charge on any atom is 0.134 e. The average Bonchev–Trinajstić information content (AvgIpc) is 2.79. The third kappa shape index (κ3) is 1.68. The topological polar surface area (TPSA) is 33.1 Å². The van der Waals surface area contributed by atoms with Crippen LogP contribution in [-0.4, -0.2) is 9.48 Å². The molecule has 1 aromatic heterocycles. The highest BCUT2D eigenvalue weighted by atomic mass is 35.5. The highest BCUT2D eigenvalue weighted by molar-refractivity contribution is 7.13. The van der Waals surface area contributed by atoms with Crippen LogP contribution >= 0.6 is 23.1 Å². The molecule has 0 bridgehead atoms. The number of halogens is 1. The number of hydrogen-bond acceptors (Lipinski definition) is 3. The van der Waals surface area contributed by atoms with E-state index < -0.39 is 0 Å². The number of hydrogen-bond donors (Lipinski definition) is 1. The SMILES string of the molecule is Oc1ccc2snc(-c3ccccc3)c2c1Cl. The van der Waals surface area contributed by atoms with Crippen LogP contribution in [0.4, 0.5) is 0 Å². The van der Waals surface area contributed by atoms with E-state index in [1.165, 1.54) is 11.5 Å². The summed E-state index contributed by atoms with van der Waals surface area (Å²) in [6.07, 6.45) is 0. The van der Waals surface area contributed by atoms with Gasteiger partial charge in [-0.25, -0.2) is 0 Å². The van der Waals surface area contributed by atoms with Gasteiger partial charge in [0.25, 0.3) is 0 Å². The Morgan fingerprint density at radius 3 is 2.59 bits per heavy atom. The Morgan fingerprint density at radius 2 is 1.82 bits per heavy atom. The Balaban J connectivity index is 2.35. The number of phenols is 1. The van der Waals surface area contributed by atoms with Gasteiger partial charge in [-0.15, -0.1) is 0 Å². The second-order valence-corrected chi connectivity index (χ2v) is 4.85. The lowest BCUT2D eigenvalue weighted by Crippen LogP contribution is -1.78. The lowest BCUT2D eigenvalue weighted by molar-refractivity contribution is 0.476. The summed E-state index contributed by atoms with van der Waals surface area (Å²) in [5, 5.41) is 10.8. The van der Waals surface area contributed by atoms with Gasteiger partial charge < -0.3 is 5.11 Å². The normalized spacial score (nSPS) is 10.9. The van der Waals surface area contributed by atoms with Crippen molar-refractivity contribution in [3.8, 4) is 17.0 Å². The number of phenolic OH excluding ortho intramolecular Hbond substituents is 1. The molecule has 2 nitrogen and oxygen atoms in total. The molecule has 0 saturated heterocycles. The van der Waals surface area contributed by atoms with Gasteiger partial charge in [0.1, 0.15) is 5.75 Å². The van der Waals surface area contributed by atoms with Crippen LogP contribution in [0.1, 0.15) is 0 Å². The largest absolute Gasteiger partial charge is 0.506 e. The smallest absolute Gasteiger partial charge is 0.134 e. The predicted molar refractivity (Wildman–Crippen MR) is 71.7 cm³/mol. The van der Waals surface area contributed by atoms with Crippen molar-refractivity contribution in [1.82, 2.24) is 4.37 Å². The fourth-order valence-electron chi connectivity index (χ4n) is 1.78. The van der Waals surface area contributed by atoms with Crippen molar-refractivity contribution in [3.05, 3.63) is 47.5 Å². The van der Waals surface area contributed by atoms with Crippen LogP contribution in [0.2, 0.25) is 5.02 Å². The predicted octanol–water partition coefficient (Wildman–Crippen LogP) is 4.32. The van der Waals surface area contributed by atoms with Crippen molar-refractivity contribution >= 4 is 33.2 Å². The summed E-state index contributed by atoms with van der Waals surface area (Å²) in [7, 11) is 0. The highest BCUT2D eigenvalue weighted by Crippen LogP contribution is 2.39. The van der Waals surface area contributed by atoms with Gasteiger partial charge in [-0.05, 0) is 23.7 Å². The van der Waals surface area contributed by atoms with Crippen molar-refractivity contribution in [3.63, 3.8) is 0 Å². The van der Waals surface area contributed by atoms with E-state index in [-0.39, 0.29) is 5.75 Å². The molecular weight excluding hydrogens is 254 g/mol. The van der Waals surface area contributed by atoms with Crippen LogP contribution < -0.4 is 0 Å². The summed E-state index contributed by atoms with van der Waals surface area (Å²) in [5.74, 6) is 0.0940. The van der Waals surface area contributed by atoms with E-state index in [9.17, 15) is 5.11 Å². The summed E-state index contributed by atoms with van der Waals surface area (Å²) in [5.41, 5.74) is 1.83. The standard InChI is InChI=1S/C13H8ClNOS/c14-12-9(16)6-7-10-11(12)13(15-17-10)8-4-2-1-3-5-8/h1-7,16H. The number of rotatable bonds is 1. The zero-order valence-electron chi connectivity index (χ0n) is 8.72. The Hall–Kier alpha value is -1.58. The second-order valence-electron chi connectivity index (χ2n) is 3.67. The minimum absolute atomic E-state index is 0.0940. The number of fused-ring (bicyclic) bond motifs is 1. The number of aromatic nitrogens is 1.